The van der Waals surface area contributed by atoms with Crippen molar-refractivity contribution < 1.29 is 14.3 Å². The van der Waals surface area contributed by atoms with Crippen LogP contribution in [-0.4, -0.2) is 31.6 Å². The summed E-state index contributed by atoms with van der Waals surface area (Å²) in [5, 5.41) is 6.95. The number of nitrogens with one attached hydrogen (secondary N) is 2. The van der Waals surface area contributed by atoms with Gasteiger partial charge in [-0.1, -0.05) is 41.9 Å². The Labute approximate surface area is 172 Å². The van der Waals surface area contributed by atoms with Crippen LogP contribution >= 0.6 is 22.9 Å². The topological polar surface area (TPSA) is 67.4 Å². The Morgan fingerprint density at radius 2 is 1.82 bits per heavy atom. The number of carbonyl (C=O) groups excluding carboxylic acids is 2. The first-order chi connectivity index (χ1) is 13.6. The number of halogens is 1. The zero-order chi connectivity index (χ0) is 19.9. The van der Waals surface area contributed by atoms with Gasteiger partial charge in [0.2, 0.25) is 0 Å². The fraction of sp³-hybridized carbons (Fsp3) is 0.238. The average molecular weight is 417 g/mol. The third-order valence-corrected chi connectivity index (χ3v) is 5.79. The number of fused-ring (bicyclic) bond motifs is 1. The average Bonchev–Trinajstić information content (AvgIpc) is 3.05. The van der Waals surface area contributed by atoms with Gasteiger partial charge in [-0.3, -0.25) is 9.59 Å². The van der Waals surface area contributed by atoms with Crippen molar-refractivity contribution in [3.05, 3.63) is 64.0 Å². The third kappa shape index (κ3) is 4.70. The van der Waals surface area contributed by atoms with Gasteiger partial charge in [0.05, 0.1) is 16.3 Å². The van der Waals surface area contributed by atoms with Crippen molar-refractivity contribution in [3.8, 4) is 0 Å². The van der Waals surface area contributed by atoms with Crippen molar-refractivity contribution in [3.63, 3.8) is 0 Å². The SMILES string of the molecule is CCOCCCNC(=O)c1ccccc1NC(=O)c1sc2ccccc2c1Cl. The van der Waals surface area contributed by atoms with Crippen LogP contribution < -0.4 is 10.6 Å². The lowest BCUT2D eigenvalue weighted by Crippen LogP contribution is -2.26. The van der Waals surface area contributed by atoms with Crippen molar-refractivity contribution in [2.45, 2.75) is 13.3 Å². The lowest BCUT2D eigenvalue weighted by molar-refractivity contribution is 0.0945. The summed E-state index contributed by atoms with van der Waals surface area (Å²) >= 11 is 7.72. The first-order valence-electron chi connectivity index (χ1n) is 9.05. The van der Waals surface area contributed by atoms with E-state index in [1.165, 1.54) is 11.3 Å². The monoisotopic (exact) mass is 416 g/mol. The molecule has 3 rings (SSSR count). The molecule has 2 aromatic carbocycles. The summed E-state index contributed by atoms with van der Waals surface area (Å²) in [4.78, 5) is 25.7. The molecule has 0 saturated heterocycles. The molecule has 0 saturated carbocycles. The van der Waals surface area contributed by atoms with Crippen LogP contribution in [0.25, 0.3) is 10.1 Å². The lowest BCUT2D eigenvalue weighted by Gasteiger charge is -2.11. The molecule has 28 heavy (non-hydrogen) atoms. The molecule has 0 aliphatic carbocycles. The molecule has 0 atom stereocenters. The Hall–Kier alpha value is -2.41. The normalized spacial score (nSPS) is 10.8. The second kappa shape index (κ2) is 9.68. The van der Waals surface area contributed by atoms with E-state index in [0.717, 1.165) is 16.5 Å². The predicted molar refractivity (Wildman–Crippen MR) is 115 cm³/mol. The number of carbonyl (C=O) groups is 2. The molecule has 0 aliphatic heterocycles. The molecular formula is C21H21ClN2O3S. The van der Waals surface area contributed by atoms with Gasteiger partial charge in [0, 0.05) is 29.8 Å². The number of benzene rings is 2. The molecule has 0 aliphatic rings. The molecule has 2 N–H and O–H groups in total. The number of ether oxygens (including phenoxy) is 1. The van der Waals surface area contributed by atoms with Gasteiger partial charge < -0.3 is 15.4 Å². The molecule has 0 bridgehead atoms. The quantitative estimate of drug-likeness (QED) is 0.510. The van der Waals surface area contributed by atoms with Crippen LogP contribution in [0.5, 0.6) is 0 Å². The van der Waals surface area contributed by atoms with Crippen LogP contribution in [0.1, 0.15) is 33.4 Å². The molecule has 0 unspecified atom stereocenters. The molecule has 0 fully saturated rings. The standard InChI is InChI=1S/C21H21ClN2O3S/c1-2-27-13-7-12-23-20(25)14-8-3-5-10-16(14)24-21(26)19-18(22)15-9-4-6-11-17(15)28-19/h3-6,8-11H,2,7,12-13H2,1H3,(H,23,25)(H,24,26). The second-order valence-electron chi connectivity index (χ2n) is 6.05. The molecule has 3 aromatic rings. The van der Waals surface area contributed by atoms with E-state index in [1.807, 2.05) is 31.2 Å². The highest BCUT2D eigenvalue weighted by molar-refractivity contribution is 7.21. The summed E-state index contributed by atoms with van der Waals surface area (Å²) in [6, 6.07) is 14.5. The van der Waals surface area contributed by atoms with Crippen LogP contribution in [0, 0.1) is 0 Å². The van der Waals surface area contributed by atoms with E-state index >= 15 is 0 Å². The maximum absolute atomic E-state index is 12.8. The molecule has 0 spiro atoms. The van der Waals surface area contributed by atoms with Crippen LogP contribution in [0.2, 0.25) is 5.02 Å². The molecule has 1 heterocycles. The molecule has 1 aromatic heterocycles. The number of hydrogen-bond donors (Lipinski definition) is 2. The summed E-state index contributed by atoms with van der Waals surface area (Å²) in [5.74, 6) is -0.572. The number of rotatable bonds is 8. The van der Waals surface area contributed by atoms with Gasteiger partial charge in [-0.25, -0.2) is 0 Å². The predicted octanol–water partition coefficient (Wildman–Crippen LogP) is 4.96. The van der Waals surface area contributed by atoms with Gasteiger partial charge in [-0.2, -0.15) is 0 Å². The molecular weight excluding hydrogens is 396 g/mol. The summed E-state index contributed by atoms with van der Waals surface area (Å²) in [7, 11) is 0. The molecule has 7 heteroatoms. The summed E-state index contributed by atoms with van der Waals surface area (Å²) in [5.41, 5.74) is 0.854. The fourth-order valence-electron chi connectivity index (χ4n) is 2.74. The fourth-order valence-corrected chi connectivity index (χ4v) is 4.16. The maximum atomic E-state index is 12.8. The minimum absolute atomic E-state index is 0.241. The van der Waals surface area contributed by atoms with E-state index < -0.39 is 0 Å². The Balaban J connectivity index is 1.72. The van der Waals surface area contributed by atoms with Crippen molar-refractivity contribution in [2.24, 2.45) is 0 Å². The minimum Gasteiger partial charge on any atom is -0.382 e. The second-order valence-corrected chi connectivity index (χ2v) is 7.48. The number of amides is 2. The van der Waals surface area contributed by atoms with Gasteiger partial charge in [0.25, 0.3) is 11.8 Å². The van der Waals surface area contributed by atoms with Gasteiger partial charge in [-0.15, -0.1) is 11.3 Å². The molecule has 5 nitrogen and oxygen atoms in total. The number of thiophene rings is 1. The van der Waals surface area contributed by atoms with Gasteiger partial charge in [0.1, 0.15) is 4.88 Å². The largest absolute Gasteiger partial charge is 0.382 e. The van der Waals surface area contributed by atoms with Gasteiger partial charge in [0.15, 0.2) is 0 Å². The van der Waals surface area contributed by atoms with E-state index in [4.69, 9.17) is 16.3 Å². The highest BCUT2D eigenvalue weighted by Gasteiger charge is 2.19. The van der Waals surface area contributed by atoms with Crippen LogP contribution in [-0.2, 0) is 4.74 Å². The van der Waals surface area contributed by atoms with E-state index in [1.54, 1.807) is 24.3 Å². The third-order valence-electron chi connectivity index (χ3n) is 4.12. The van der Waals surface area contributed by atoms with Crippen molar-refractivity contribution in [1.82, 2.24) is 5.32 Å². The summed E-state index contributed by atoms with van der Waals surface area (Å²) < 4.78 is 6.21. The molecule has 0 radical (unpaired) electrons. The number of hydrogen-bond acceptors (Lipinski definition) is 4. The Morgan fingerprint density at radius 3 is 2.61 bits per heavy atom. The highest BCUT2D eigenvalue weighted by atomic mass is 35.5. The van der Waals surface area contributed by atoms with Gasteiger partial charge >= 0.3 is 0 Å². The number of anilines is 1. The Morgan fingerprint density at radius 1 is 1.07 bits per heavy atom. The summed E-state index contributed by atoms with van der Waals surface area (Å²) in [6.07, 6.45) is 0.728. The number of para-hydroxylation sites is 1. The van der Waals surface area contributed by atoms with E-state index in [9.17, 15) is 9.59 Å². The Bertz CT molecular complexity index is 987. The van der Waals surface area contributed by atoms with Gasteiger partial charge in [-0.05, 0) is 31.5 Å². The Kier molecular flexibility index (Phi) is 7.03. The molecule has 146 valence electrons. The van der Waals surface area contributed by atoms with Crippen LogP contribution in [0.3, 0.4) is 0 Å². The molecule has 2 amide bonds. The van der Waals surface area contributed by atoms with Crippen LogP contribution in [0.4, 0.5) is 5.69 Å². The van der Waals surface area contributed by atoms with Crippen molar-refractivity contribution in [2.75, 3.05) is 25.1 Å². The minimum atomic E-state index is -0.331. The zero-order valence-electron chi connectivity index (χ0n) is 15.5. The van der Waals surface area contributed by atoms with Crippen molar-refractivity contribution >= 4 is 50.5 Å². The first-order valence-corrected chi connectivity index (χ1v) is 10.2. The smallest absolute Gasteiger partial charge is 0.267 e. The maximum Gasteiger partial charge on any atom is 0.267 e. The lowest BCUT2D eigenvalue weighted by atomic mass is 10.1. The van der Waals surface area contributed by atoms with E-state index in [0.29, 0.717) is 40.9 Å². The first kappa shape index (κ1) is 20.3. The van der Waals surface area contributed by atoms with E-state index in [2.05, 4.69) is 10.6 Å². The highest BCUT2D eigenvalue weighted by Crippen LogP contribution is 2.35. The summed E-state index contributed by atoms with van der Waals surface area (Å²) in [6.45, 7) is 3.69. The van der Waals surface area contributed by atoms with E-state index in [-0.39, 0.29) is 11.8 Å². The van der Waals surface area contributed by atoms with Crippen molar-refractivity contribution in [1.29, 1.82) is 0 Å². The van der Waals surface area contributed by atoms with Crippen LogP contribution in [0.15, 0.2) is 48.5 Å². The zero-order valence-corrected chi connectivity index (χ0v) is 17.0.